The van der Waals surface area contributed by atoms with Crippen molar-refractivity contribution in [1.29, 1.82) is 0 Å². The highest BCUT2D eigenvalue weighted by atomic mass is 16.6. The summed E-state index contributed by atoms with van der Waals surface area (Å²) < 4.78 is 5.32. The minimum absolute atomic E-state index is 0.213. The molecule has 0 aliphatic carbocycles. The lowest BCUT2D eigenvalue weighted by atomic mass is 9.90. The number of rotatable bonds is 0. The summed E-state index contributed by atoms with van der Waals surface area (Å²) >= 11 is 0. The maximum Gasteiger partial charge on any atom is 0.410 e. The molecule has 1 amide bonds. The highest BCUT2D eigenvalue weighted by molar-refractivity contribution is 5.83. The molecule has 1 aliphatic rings. The maximum atomic E-state index is 11.9. The number of likely N-dealkylation sites (tertiary alicyclic amines) is 1. The number of carbonyl (C=O) groups excluding carboxylic acids is 2. The second-order valence-electron chi connectivity index (χ2n) is 5.91. The molecule has 0 aromatic rings. The van der Waals surface area contributed by atoms with Crippen molar-refractivity contribution in [2.24, 2.45) is 0 Å². The Morgan fingerprint density at radius 1 is 1.38 bits per heavy atom. The first-order chi connectivity index (χ1) is 7.12. The second kappa shape index (κ2) is 4.07. The molecule has 0 spiro atoms. The summed E-state index contributed by atoms with van der Waals surface area (Å²) in [4.78, 5) is 24.9. The predicted molar refractivity (Wildman–Crippen MR) is 61.3 cm³/mol. The zero-order chi connectivity index (χ0) is 12.6. The van der Waals surface area contributed by atoms with Crippen LogP contribution in [0.5, 0.6) is 0 Å². The largest absolute Gasteiger partial charge is 0.444 e. The van der Waals surface area contributed by atoms with E-state index in [1.54, 1.807) is 4.90 Å². The lowest BCUT2D eigenvalue weighted by Crippen LogP contribution is -2.54. The molecule has 0 bridgehead atoms. The Labute approximate surface area is 96.9 Å². The Morgan fingerprint density at radius 3 is 2.38 bits per heavy atom. The van der Waals surface area contributed by atoms with E-state index in [4.69, 9.17) is 4.74 Å². The van der Waals surface area contributed by atoms with Gasteiger partial charge in [0.05, 0.1) is 0 Å². The number of Topliss-reactive ketones (excluding diaryl/α,β-unsaturated/α-hetero) is 1. The smallest absolute Gasteiger partial charge is 0.410 e. The van der Waals surface area contributed by atoms with E-state index in [0.29, 0.717) is 19.4 Å². The van der Waals surface area contributed by atoms with Gasteiger partial charge < -0.3 is 9.64 Å². The fourth-order valence-corrected chi connectivity index (χ4v) is 1.86. The van der Waals surface area contributed by atoms with Gasteiger partial charge in [-0.3, -0.25) is 4.79 Å². The highest BCUT2D eigenvalue weighted by Crippen LogP contribution is 2.27. The summed E-state index contributed by atoms with van der Waals surface area (Å²) in [5.74, 6) is 0.213. The van der Waals surface area contributed by atoms with Crippen molar-refractivity contribution in [3.05, 3.63) is 0 Å². The van der Waals surface area contributed by atoms with Crippen LogP contribution in [0.25, 0.3) is 0 Å². The molecule has 0 aromatic heterocycles. The van der Waals surface area contributed by atoms with Crippen molar-refractivity contribution < 1.29 is 14.3 Å². The van der Waals surface area contributed by atoms with Crippen molar-refractivity contribution in [2.75, 3.05) is 6.54 Å². The second-order valence-corrected chi connectivity index (χ2v) is 5.91. The first-order valence-electron chi connectivity index (χ1n) is 5.64. The molecule has 16 heavy (non-hydrogen) atoms. The number of ether oxygens (including phenoxy) is 1. The van der Waals surface area contributed by atoms with Gasteiger partial charge in [0.25, 0.3) is 0 Å². The van der Waals surface area contributed by atoms with Gasteiger partial charge in [-0.25, -0.2) is 4.79 Å². The zero-order valence-electron chi connectivity index (χ0n) is 10.8. The molecule has 0 radical (unpaired) electrons. The lowest BCUT2D eigenvalue weighted by molar-refractivity contribution is -0.125. The SMILES string of the molecule is CC(C)(C)OC(=O)N1CCC(=O)CC1(C)C. The summed E-state index contributed by atoms with van der Waals surface area (Å²) in [6.07, 6.45) is 0.513. The number of hydrogen-bond acceptors (Lipinski definition) is 3. The first kappa shape index (κ1) is 13.0. The summed E-state index contributed by atoms with van der Waals surface area (Å²) in [5.41, 5.74) is -0.924. The molecule has 1 saturated heterocycles. The van der Waals surface area contributed by atoms with Crippen LogP contribution in [0.3, 0.4) is 0 Å². The molecule has 0 unspecified atom stereocenters. The van der Waals surface area contributed by atoms with Gasteiger partial charge in [-0.2, -0.15) is 0 Å². The van der Waals surface area contributed by atoms with Crippen molar-refractivity contribution in [3.63, 3.8) is 0 Å². The van der Waals surface area contributed by atoms with E-state index in [2.05, 4.69) is 0 Å². The van der Waals surface area contributed by atoms with Crippen LogP contribution in [0, 0.1) is 0 Å². The lowest BCUT2D eigenvalue weighted by Gasteiger charge is -2.41. The molecule has 0 N–H and O–H groups in total. The molecule has 0 saturated carbocycles. The van der Waals surface area contributed by atoms with E-state index in [0.717, 1.165) is 0 Å². The number of ketones is 1. The minimum atomic E-state index is -0.491. The molecule has 1 rings (SSSR count). The van der Waals surface area contributed by atoms with E-state index in [9.17, 15) is 9.59 Å². The third-order valence-electron chi connectivity index (χ3n) is 2.59. The van der Waals surface area contributed by atoms with Gasteiger partial charge in [-0.15, -0.1) is 0 Å². The molecular formula is C12H21NO3. The molecule has 1 heterocycles. The Kier molecular flexibility index (Phi) is 3.31. The average molecular weight is 227 g/mol. The standard InChI is InChI=1S/C12H21NO3/c1-11(2,3)16-10(15)13-7-6-9(14)8-12(13,4)5/h6-8H2,1-5H3. The number of piperidine rings is 1. The van der Waals surface area contributed by atoms with Gasteiger partial charge >= 0.3 is 6.09 Å². The Bertz CT molecular complexity index is 302. The van der Waals surface area contributed by atoms with Gasteiger partial charge in [-0.05, 0) is 34.6 Å². The predicted octanol–water partition coefficient (Wildman–Crippen LogP) is 2.37. The van der Waals surface area contributed by atoms with Crippen LogP contribution in [0.2, 0.25) is 0 Å². The van der Waals surface area contributed by atoms with Crippen LogP contribution < -0.4 is 0 Å². The fourth-order valence-electron chi connectivity index (χ4n) is 1.86. The van der Waals surface area contributed by atoms with Crippen molar-refractivity contribution in [3.8, 4) is 0 Å². The van der Waals surface area contributed by atoms with E-state index in [1.807, 2.05) is 34.6 Å². The number of carbonyl (C=O) groups is 2. The number of nitrogens with zero attached hydrogens (tertiary/aromatic N) is 1. The summed E-state index contributed by atoms with van der Waals surface area (Å²) in [5, 5.41) is 0. The Morgan fingerprint density at radius 2 is 1.94 bits per heavy atom. The van der Waals surface area contributed by atoms with Gasteiger partial charge in [-0.1, -0.05) is 0 Å². The highest BCUT2D eigenvalue weighted by Gasteiger charge is 2.38. The Hall–Kier alpha value is -1.06. The fraction of sp³-hybridized carbons (Fsp3) is 0.833. The van der Waals surface area contributed by atoms with Crippen molar-refractivity contribution >= 4 is 11.9 Å². The molecule has 0 aromatic carbocycles. The van der Waals surface area contributed by atoms with Gasteiger partial charge in [0.2, 0.25) is 0 Å². The van der Waals surface area contributed by atoms with E-state index in [-0.39, 0.29) is 11.9 Å². The Balaban J connectivity index is 2.73. The van der Waals surface area contributed by atoms with Crippen LogP contribution in [-0.4, -0.2) is 34.5 Å². The monoisotopic (exact) mass is 227 g/mol. The van der Waals surface area contributed by atoms with Crippen molar-refractivity contribution in [2.45, 2.75) is 58.6 Å². The number of hydrogen-bond donors (Lipinski definition) is 0. The summed E-state index contributed by atoms with van der Waals surface area (Å²) in [6, 6.07) is 0. The molecule has 4 nitrogen and oxygen atoms in total. The van der Waals surface area contributed by atoms with Crippen LogP contribution >= 0.6 is 0 Å². The van der Waals surface area contributed by atoms with Crippen LogP contribution in [-0.2, 0) is 9.53 Å². The molecule has 4 heteroatoms. The van der Waals surface area contributed by atoms with Crippen LogP contribution in [0.15, 0.2) is 0 Å². The molecular weight excluding hydrogens is 206 g/mol. The quantitative estimate of drug-likeness (QED) is 0.638. The van der Waals surface area contributed by atoms with Crippen LogP contribution in [0.1, 0.15) is 47.5 Å². The zero-order valence-corrected chi connectivity index (χ0v) is 10.8. The van der Waals surface area contributed by atoms with Crippen molar-refractivity contribution in [1.82, 2.24) is 4.90 Å². The molecule has 1 aliphatic heterocycles. The maximum absolute atomic E-state index is 11.9. The third kappa shape index (κ3) is 3.22. The van der Waals surface area contributed by atoms with Crippen LogP contribution in [0.4, 0.5) is 4.79 Å². The third-order valence-corrected chi connectivity index (χ3v) is 2.59. The minimum Gasteiger partial charge on any atom is -0.444 e. The summed E-state index contributed by atoms with van der Waals surface area (Å²) in [7, 11) is 0. The normalized spacial score (nSPS) is 20.8. The van der Waals surface area contributed by atoms with E-state index >= 15 is 0 Å². The topological polar surface area (TPSA) is 46.6 Å². The van der Waals surface area contributed by atoms with E-state index in [1.165, 1.54) is 0 Å². The molecule has 92 valence electrons. The molecule has 0 atom stereocenters. The van der Waals surface area contributed by atoms with Gasteiger partial charge in [0.1, 0.15) is 11.4 Å². The van der Waals surface area contributed by atoms with E-state index < -0.39 is 11.1 Å². The number of amides is 1. The van der Waals surface area contributed by atoms with Gasteiger partial charge in [0.15, 0.2) is 0 Å². The first-order valence-corrected chi connectivity index (χ1v) is 5.64. The molecule has 1 fully saturated rings. The summed E-state index contributed by atoms with van der Waals surface area (Å²) in [6.45, 7) is 9.77. The average Bonchev–Trinajstić information content (AvgIpc) is 1.97. The van der Waals surface area contributed by atoms with Gasteiger partial charge in [0, 0.05) is 24.9 Å².